The number of rotatable bonds is 3. The van der Waals surface area contributed by atoms with Crippen LogP contribution in [0.25, 0.3) is 0 Å². The number of aryl methyl sites for hydroxylation is 1. The molecule has 0 N–H and O–H groups in total. The van der Waals surface area contributed by atoms with Crippen LogP contribution < -0.4 is 4.74 Å². The molecule has 2 heterocycles. The number of ether oxygens (including phenoxy) is 1. The van der Waals surface area contributed by atoms with Gasteiger partial charge in [0, 0.05) is 19.6 Å². The molecule has 4 heteroatoms. The van der Waals surface area contributed by atoms with Crippen molar-refractivity contribution < 1.29 is 9.53 Å². The molecule has 2 aliphatic heterocycles. The molecular formula is C18H26N2O2. The first-order chi connectivity index (χ1) is 10.7. The van der Waals surface area contributed by atoms with Crippen molar-refractivity contribution >= 4 is 5.91 Å². The maximum atomic E-state index is 12.6. The first kappa shape index (κ1) is 15.3. The van der Waals surface area contributed by atoms with Gasteiger partial charge in [0.25, 0.3) is 0 Å². The van der Waals surface area contributed by atoms with Gasteiger partial charge >= 0.3 is 0 Å². The number of amides is 1. The number of carbonyl (C=O) groups excluding carboxylic acids is 1. The van der Waals surface area contributed by atoms with Gasteiger partial charge in [-0.2, -0.15) is 0 Å². The number of likely N-dealkylation sites (tertiary alicyclic amines) is 1. The predicted molar refractivity (Wildman–Crippen MR) is 87.0 cm³/mol. The Bertz CT molecular complexity index is 538. The molecule has 1 fully saturated rings. The highest BCUT2D eigenvalue weighted by atomic mass is 16.5. The molecule has 0 aliphatic carbocycles. The van der Waals surface area contributed by atoms with E-state index in [9.17, 15) is 4.79 Å². The number of hydrogen-bond acceptors (Lipinski definition) is 3. The minimum atomic E-state index is -0.0221. The first-order valence-electron chi connectivity index (χ1n) is 8.37. The van der Waals surface area contributed by atoms with Crippen molar-refractivity contribution in [2.24, 2.45) is 0 Å². The topological polar surface area (TPSA) is 32.8 Å². The van der Waals surface area contributed by atoms with Crippen molar-refractivity contribution in [2.45, 2.75) is 45.2 Å². The minimum absolute atomic E-state index is 0.0221. The van der Waals surface area contributed by atoms with Crippen molar-refractivity contribution in [1.29, 1.82) is 0 Å². The summed E-state index contributed by atoms with van der Waals surface area (Å²) in [6.45, 7) is 5.78. The molecule has 0 bridgehead atoms. The molecule has 1 atom stereocenters. The van der Waals surface area contributed by atoms with Gasteiger partial charge in [0.2, 0.25) is 5.91 Å². The average molecular weight is 302 g/mol. The van der Waals surface area contributed by atoms with Gasteiger partial charge in [-0.1, -0.05) is 6.07 Å². The van der Waals surface area contributed by atoms with E-state index in [4.69, 9.17) is 4.74 Å². The Labute approximate surface area is 133 Å². The lowest BCUT2D eigenvalue weighted by Crippen LogP contribution is -2.46. The van der Waals surface area contributed by atoms with Crippen molar-refractivity contribution in [1.82, 2.24) is 9.80 Å². The van der Waals surface area contributed by atoms with Gasteiger partial charge in [-0.3, -0.25) is 9.69 Å². The molecule has 1 aromatic rings. The number of fused-ring (bicyclic) bond motifs is 1. The summed E-state index contributed by atoms with van der Waals surface area (Å²) >= 11 is 0. The second-order valence-electron chi connectivity index (χ2n) is 6.42. The molecule has 3 rings (SSSR count). The second-order valence-corrected chi connectivity index (χ2v) is 6.42. The zero-order chi connectivity index (χ0) is 15.5. The van der Waals surface area contributed by atoms with Crippen molar-refractivity contribution in [2.75, 3.05) is 26.7 Å². The van der Waals surface area contributed by atoms with Gasteiger partial charge < -0.3 is 9.64 Å². The standard InChI is InChI=1S/C18H26N2O2/c1-14(18(21)19-9-3-4-10-19)20-11-5-6-15-12-17(22-2)8-7-16(15)13-20/h7-8,12,14H,3-6,9-11,13H2,1-2H3/t14-/m0/s1. The van der Waals surface area contributed by atoms with Crippen LogP contribution in [-0.2, 0) is 17.8 Å². The summed E-state index contributed by atoms with van der Waals surface area (Å²) in [5.41, 5.74) is 2.70. The summed E-state index contributed by atoms with van der Waals surface area (Å²) in [4.78, 5) is 17.0. The maximum absolute atomic E-state index is 12.6. The average Bonchev–Trinajstić information content (AvgIpc) is 2.99. The van der Waals surface area contributed by atoms with Crippen LogP contribution in [0.1, 0.15) is 37.3 Å². The molecule has 0 radical (unpaired) electrons. The number of hydrogen-bond donors (Lipinski definition) is 0. The van der Waals surface area contributed by atoms with Crippen LogP contribution in [0.4, 0.5) is 0 Å². The van der Waals surface area contributed by atoms with Crippen LogP contribution in [0.5, 0.6) is 5.75 Å². The summed E-state index contributed by atoms with van der Waals surface area (Å²) in [7, 11) is 1.71. The molecule has 0 aromatic heterocycles. The lowest BCUT2D eigenvalue weighted by atomic mass is 10.0. The van der Waals surface area contributed by atoms with E-state index in [0.717, 1.165) is 57.6 Å². The Morgan fingerprint density at radius 2 is 1.91 bits per heavy atom. The van der Waals surface area contributed by atoms with E-state index in [1.165, 1.54) is 11.1 Å². The number of benzene rings is 1. The molecule has 0 saturated carbocycles. The summed E-state index contributed by atoms with van der Waals surface area (Å²) in [5, 5.41) is 0. The van der Waals surface area contributed by atoms with Crippen molar-refractivity contribution in [3.8, 4) is 5.75 Å². The van der Waals surface area contributed by atoms with Crippen LogP contribution in [0.15, 0.2) is 18.2 Å². The molecule has 0 unspecified atom stereocenters. The first-order valence-corrected chi connectivity index (χ1v) is 8.37. The van der Waals surface area contributed by atoms with Gasteiger partial charge in [-0.05, 0) is 62.4 Å². The molecule has 2 aliphatic rings. The lowest BCUT2D eigenvalue weighted by Gasteiger charge is -2.30. The smallest absolute Gasteiger partial charge is 0.239 e. The highest BCUT2D eigenvalue weighted by molar-refractivity contribution is 5.81. The molecule has 22 heavy (non-hydrogen) atoms. The fraction of sp³-hybridized carbons (Fsp3) is 0.611. The zero-order valence-corrected chi connectivity index (χ0v) is 13.7. The van der Waals surface area contributed by atoms with E-state index in [2.05, 4.69) is 24.0 Å². The summed E-state index contributed by atoms with van der Waals surface area (Å²) in [6, 6.07) is 6.30. The predicted octanol–water partition coefficient (Wildman–Crippen LogP) is 2.45. The lowest BCUT2D eigenvalue weighted by molar-refractivity contribution is -0.135. The highest BCUT2D eigenvalue weighted by Gasteiger charge is 2.29. The van der Waals surface area contributed by atoms with Gasteiger partial charge in [0.05, 0.1) is 13.2 Å². The molecule has 120 valence electrons. The van der Waals surface area contributed by atoms with E-state index in [1.807, 2.05) is 11.0 Å². The van der Waals surface area contributed by atoms with Gasteiger partial charge in [0.15, 0.2) is 0 Å². The summed E-state index contributed by atoms with van der Waals surface area (Å²) in [6.07, 6.45) is 4.47. The van der Waals surface area contributed by atoms with Crippen LogP contribution in [0.3, 0.4) is 0 Å². The zero-order valence-electron chi connectivity index (χ0n) is 13.7. The summed E-state index contributed by atoms with van der Waals surface area (Å²) < 4.78 is 5.33. The van der Waals surface area contributed by atoms with Crippen LogP contribution in [0.2, 0.25) is 0 Å². The molecule has 1 aromatic carbocycles. The Balaban J connectivity index is 1.73. The SMILES string of the molecule is COc1ccc2c(c1)CCCN([C@@H](C)C(=O)N1CCCC1)C2. The fourth-order valence-electron chi connectivity index (χ4n) is 3.58. The van der Waals surface area contributed by atoms with Crippen LogP contribution in [0, 0.1) is 0 Å². The van der Waals surface area contributed by atoms with Crippen LogP contribution in [-0.4, -0.2) is 48.5 Å². The quantitative estimate of drug-likeness (QED) is 0.860. The largest absolute Gasteiger partial charge is 0.497 e. The third-order valence-corrected chi connectivity index (χ3v) is 5.00. The minimum Gasteiger partial charge on any atom is -0.497 e. The number of carbonyl (C=O) groups is 1. The third kappa shape index (κ3) is 3.12. The van der Waals surface area contributed by atoms with E-state index in [1.54, 1.807) is 7.11 Å². The maximum Gasteiger partial charge on any atom is 0.239 e. The molecular weight excluding hydrogens is 276 g/mol. The number of nitrogens with zero attached hydrogens (tertiary/aromatic N) is 2. The number of methoxy groups -OCH3 is 1. The van der Waals surface area contributed by atoms with Crippen molar-refractivity contribution in [3.05, 3.63) is 29.3 Å². The Morgan fingerprint density at radius 3 is 2.64 bits per heavy atom. The third-order valence-electron chi connectivity index (χ3n) is 5.00. The van der Waals surface area contributed by atoms with E-state index >= 15 is 0 Å². The van der Waals surface area contributed by atoms with E-state index in [0.29, 0.717) is 5.91 Å². The van der Waals surface area contributed by atoms with Crippen molar-refractivity contribution in [3.63, 3.8) is 0 Å². The Morgan fingerprint density at radius 1 is 1.14 bits per heavy atom. The second kappa shape index (κ2) is 6.69. The fourth-order valence-corrected chi connectivity index (χ4v) is 3.58. The highest BCUT2D eigenvalue weighted by Crippen LogP contribution is 2.25. The monoisotopic (exact) mass is 302 g/mol. The molecule has 1 amide bonds. The van der Waals surface area contributed by atoms with Gasteiger partial charge in [-0.15, -0.1) is 0 Å². The Hall–Kier alpha value is -1.55. The van der Waals surface area contributed by atoms with E-state index in [-0.39, 0.29) is 6.04 Å². The Kier molecular flexibility index (Phi) is 4.67. The molecule has 4 nitrogen and oxygen atoms in total. The van der Waals surface area contributed by atoms with Gasteiger partial charge in [-0.25, -0.2) is 0 Å². The molecule has 0 spiro atoms. The summed E-state index contributed by atoms with van der Waals surface area (Å²) in [5.74, 6) is 1.22. The van der Waals surface area contributed by atoms with Gasteiger partial charge in [0.1, 0.15) is 5.75 Å². The normalized spacial score (nSPS) is 20.4. The van der Waals surface area contributed by atoms with E-state index < -0.39 is 0 Å². The van der Waals surface area contributed by atoms with Crippen LogP contribution >= 0.6 is 0 Å². The molecule has 1 saturated heterocycles.